The van der Waals surface area contributed by atoms with Crippen molar-refractivity contribution in [3.63, 3.8) is 0 Å². The molecule has 0 spiro atoms. The molecular weight excluding hydrogens is 1220 g/mol. The monoisotopic (exact) mass is 1320 g/mol. The molecular formula is C54H96O36. The second-order valence-corrected chi connectivity index (χ2v) is 24.1. The summed E-state index contributed by atoms with van der Waals surface area (Å²) in [6, 6.07) is 0. The molecule has 22 heterocycles. The first kappa shape index (κ1) is 75.9. The summed E-state index contributed by atoms with van der Waals surface area (Å²) in [6.45, 7) is 2.83. The van der Waals surface area contributed by atoms with Crippen molar-refractivity contribution in [1.29, 1.82) is 0 Å². The number of aliphatic hydroxyl groups is 18. The molecule has 22 aliphatic heterocycles. The summed E-state index contributed by atoms with van der Waals surface area (Å²) >= 11 is 0. The molecule has 12 bridgehead atoms. The lowest BCUT2D eigenvalue weighted by molar-refractivity contribution is -0.405. The molecule has 36 atom stereocenters. The summed E-state index contributed by atoms with van der Waals surface area (Å²) < 4.78 is 108. The number of hydrogen-bond donors (Lipinski definition) is 18. The van der Waals surface area contributed by atoms with Crippen LogP contribution in [0.2, 0.25) is 0 Å². The van der Waals surface area contributed by atoms with E-state index in [2.05, 4.69) is 0 Å². The third-order valence-electron chi connectivity index (χ3n) is 15.4. The van der Waals surface area contributed by atoms with E-state index < -0.39 is 261 Å². The average Bonchev–Trinajstić information content (AvgIpc) is 0.795. The van der Waals surface area contributed by atoms with Gasteiger partial charge in [-0.1, -0.05) is 0 Å². The molecule has 528 valence electrons. The zero-order chi connectivity index (χ0) is 66.0. The first-order valence-electron chi connectivity index (χ1n) is 30.1. The highest BCUT2D eigenvalue weighted by Crippen LogP contribution is 2.39. The van der Waals surface area contributed by atoms with E-state index in [0.29, 0.717) is 0 Å². The zero-order valence-corrected chi connectivity index (χ0v) is 50.7. The topological polar surface area (TPSA) is 530 Å². The van der Waals surface area contributed by atoms with Crippen molar-refractivity contribution in [2.45, 2.75) is 262 Å². The van der Waals surface area contributed by atoms with E-state index in [9.17, 15) is 91.9 Å². The van der Waals surface area contributed by atoms with Gasteiger partial charge >= 0.3 is 0 Å². The minimum atomic E-state index is -2.18. The van der Waals surface area contributed by atoms with Crippen LogP contribution in [0.4, 0.5) is 0 Å². The number of ether oxygens (including phenoxy) is 18. The van der Waals surface area contributed by atoms with Crippen molar-refractivity contribution in [2.24, 2.45) is 0 Å². The first-order valence-corrected chi connectivity index (χ1v) is 30.1. The fourth-order valence-corrected chi connectivity index (χ4v) is 11.0. The lowest BCUT2D eigenvalue weighted by atomic mass is 9.94. The second kappa shape index (κ2) is 35.2. The van der Waals surface area contributed by atoms with Crippen LogP contribution in [0.25, 0.3) is 0 Å². The Morgan fingerprint density at radius 2 is 0.333 bits per heavy atom. The quantitative estimate of drug-likeness (QED) is 0.0427. The lowest BCUT2D eigenvalue weighted by Gasteiger charge is -2.51. The Morgan fingerprint density at radius 3 is 0.444 bits per heavy atom. The minimum Gasteiger partial charge on any atom is -0.391 e. The Hall–Kier alpha value is -1.44. The summed E-state index contributed by atoms with van der Waals surface area (Å²) in [4.78, 5) is 0. The third kappa shape index (κ3) is 19.9. The van der Waals surface area contributed by atoms with Gasteiger partial charge in [0.25, 0.3) is 0 Å². The number of aliphatic hydroxyl groups excluding tert-OH is 18. The number of rotatable bonds is 24. The van der Waals surface area contributed by atoms with Gasteiger partial charge in [-0.05, 0) is 41.5 Å². The van der Waals surface area contributed by atoms with Gasteiger partial charge in [0, 0.05) is 0 Å². The van der Waals surface area contributed by atoms with E-state index >= 15 is 0 Å². The van der Waals surface area contributed by atoms with Crippen molar-refractivity contribution >= 4 is 0 Å². The molecule has 18 N–H and O–H groups in total. The van der Waals surface area contributed by atoms with Crippen LogP contribution < -0.4 is 0 Å². The fraction of sp³-hybridized carbons (Fsp3) is 1.00. The van der Waals surface area contributed by atoms with Gasteiger partial charge < -0.3 is 177 Å². The summed E-state index contributed by atoms with van der Waals surface area (Å²) in [5, 5.41) is 203. The lowest BCUT2D eigenvalue weighted by Crippen LogP contribution is -2.69. The standard InChI is InChI=1S/C54H96O36/c1-19(55)7-73-13-25-43-31(61)37(67)49(79-25)86-44-26(14-74-8-20(2)56)81-51(39(69)33(44)63)88-46-28(16-76-10-22(4)58)83-53(41(71)35(46)65)90-48-30(18-78-12-24(6)60)84-54(42(72)36(48)66)89-47-29(17-77-11-23(5)59)82-52(40(70)34(47)64)87-45-27(15-75-9-21(3)57)80-50(85-43)38(68)32(45)62/h19-72H,7-18H2,1-6H3/t19?,20?,21?,22?,23?,24?,25-,26-,27-,28-,29-,30-,31+,32+,33+,34+,35+,36+,37-,38-,39-,40-,41-,42-,43-,44-,45-,46-,47-,48-,49-,50-,51?,52?,53-,54?/m1/s1. The fourth-order valence-electron chi connectivity index (χ4n) is 11.0. The third-order valence-corrected chi connectivity index (χ3v) is 15.4. The maximum absolute atomic E-state index is 12.0. The predicted molar refractivity (Wildman–Crippen MR) is 288 cm³/mol. The molecule has 0 radical (unpaired) electrons. The molecule has 0 aromatic heterocycles. The van der Waals surface area contributed by atoms with Crippen LogP contribution in [0.5, 0.6) is 0 Å². The van der Waals surface area contributed by atoms with E-state index in [-0.39, 0.29) is 39.6 Å². The van der Waals surface area contributed by atoms with E-state index in [1.165, 1.54) is 41.5 Å². The van der Waals surface area contributed by atoms with Crippen LogP contribution in [0.1, 0.15) is 41.5 Å². The van der Waals surface area contributed by atoms with Gasteiger partial charge in [0.1, 0.15) is 146 Å². The van der Waals surface area contributed by atoms with Crippen molar-refractivity contribution in [3.05, 3.63) is 0 Å². The Bertz CT molecular complexity index is 1680. The summed E-state index contributed by atoms with van der Waals surface area (Å²) in [7, 11) is 0. The van der Waals surface area contributed by atoms with Crippen molar-refractivity contribution in [1.82, 2.24) is 0 Å². The van der Waals surface area contributed by atoms with Crippen LogP contribution >= 0.6 is 0 Å². The average molecular weight is 1320 g/mol. The van der Waals surface area contributed by atoms with Gasteiger partial charge in [-0.3, -0.25) is 0 Å². The first-order chi connectivity index (χ1) is 42.6. The zero-order valence-electron chi connectivity index (χ0n) is 50.7. The molecule has 0 aliphatic carbocycles. The minimum absolute atomic E-state index is 0.338. The maximum Gasteiger partial charge on any atom is 0.187 e. The molecule has 22 saturated heterocycles. The highest BCUT2D eigenvalue weighted by Gasteiger charge is 2.59. The van der Waals surface area contributed by atoms with Crippen molar-refractivity contribution < 1.29 is 177 Å². The molecule has 0 amide bonds. The Balaban J connectivity index is 1.30. The molecule has 36 nitrogen and oxygen atoms in total. The van der Waals surface area contributed by atoms with Crippen LogP contribution in [-0.2, 0) is 85.3 Å². The van der Waals surface area contributed by atoms with Crippen molar-refractivity contribution in [2.75, 3.05) is 79.3 Å². The van der Waals surface area contributed by atoms with Crippen LogP contribution in [0.15, 0.2) is 0 Å². The molecule has 22 aliphatic rings. The normalized spacial score (nSPS) is 46.0. The summed E-state index contributed by atoms with van der Waals surface area (Å²) in [5.74, 6) is 0. The van der Waals surface area contributed by atoms with Gasteiger partial charge in [-0.25, -0.2) is 0 Å². The van der Waals surface area contributed by atoms with Crippen molar-refractivity contribution in [3.8, 4) is 0 Å². The molecule has 90 heavy (non-hydrogen) atoms. The van der Waals surface area contributed by atoms with Gasteiger partial charge in [0.2, 0.25) is 0 Å². The largest absolute Gasteiger partial charge is 0.391 e. The highest BCUT2D eigenvalue weighted by atomic mass is 16.8. The molecule has 9 unspecified atom stereocenters. The molecule has 36 heteroatoms. The highest BCUT2D eigenvalue weighted by molar-refractivity contribution is 5.01. The second-order valence-electron chi connectivity index (χ2n) is 24.1. The van der Waals surface area contributed by atoms with E-state index in [4.69, 9.17) is 85.3 Å². The smallest absolute Gasteiger partial charge is 0.187 e. The Labute approximate surface area is 517 Å². The Kier molecular flexibility index (Phi) is 29.7. The van der Waals surface area contributed by atoms with Gasteiger partial charge in [0.15, 0.2) is 37.7 Å². The molecule has 0 aromatic rings. The molecule has 0 aromatic carbocycles. The van der Waals surface area contributed by atoms with Gasteiger partial charge in [-0.2, -0.15) is 0 Å². The molecule has 22 rings (SSSR count). The van der Waals surface area contributed by atoms with Crippen LogP contribution in [-0.4, -0.2) is 392 Å². The molecule has 22 fully saturated rings. The summed E-state index contributed by atoms with van der Waals surface area (Å²) in [6.07, 6.45) is -64.7. The van der Waals surface area contributed by atoms with Crippen LogP contribution in [0.3, 0.4) is 0 Å². The SMILES string of the molecule is CC(O)COC[C@H]1OC2O[C@H]3[C@@H](O)[C@@H](O)[C@@H](O[C@H]4[C@@H](O)[C@@H](O)[C@@H](O[C@H]5[C@@H](O)[C@@H](O)C(O[C@H]6[C@@H](O)[C@@H](O)[C@@H](O[C@H]7[C@@H](O)[C@@H](O)C(O[C@H]1[C@@H](O)[C@H]2O)O[C@@H]7COCC(C)O)O[C@@H]6COCC(C)O)O[C@@H]5COCC(C)O)O[C@@H]4COCC(C)O)O[C@@H]3COCC(C)O. The summed E-state index contributed by atoms with van der Waals surface area (Å²) in [5.41, 5.74) is 0. The van der Waals surface area contributed by atoms with E-state index in [1.807, 2.05) is 0 Å². The van der Waals surface area contributed by atoms with E-state index in [0.717, 1.165) is 0 Å². The van der Waals surface area contributed by atoms with E-state index in [1.54, 1.807) is 0 Å². The predicted octanol–water partition coefficient (Wildman–Crippen LogP) is -10.6. The Morgan fingerprint density at radius 1 is 0.211 bits per heavy atom. The maximum atomic E-state index is 12.0. The van der Waals surface area contributed by atoms with Crippen LogP contribution in [0, 0.1) is 0 Å². The van der Waals surface area contributed by atoms with Gasteiger partial charge in [-0.15, -0.1) is 0 Å². The van der Waals surface area contributed by atoms with Gasteiger partial charge in [0.05, 0.1) is 116 Å². The number of hydrogen-bond acceptors (Lipinski definition) is 36. The molecule has 0 saturated carbocycles.